The van der Waals surface area contributed by atoms with E-state index < -0.39 is 0 Å². The van der Waals surface area contributed by atoms with Crippen molar-refractivity contribution in [3.63, 3.8) is 0 Å². The van der Waals surface area contributed by atoms with E-state index in [-0.39, 0.29) is 11.9 Å². The SMILES string of the molecule is CCC(c1ccccc1)N1CCC2(CC1)OC(OC)Cc1sccc12. The highest BCUT2D eigenvalue weighted by Crippen LogP contribution is 2.46. The zero-order chi connectivity index (χ0) is 17.3. The van der Waals surface area contributed by atoms with E-state index in [4.69, 9.17) is 9.47 Å². The van der Waals surface area contributed by atoms with Crippen LogP contribution in [-0.2, 0) is 21.5 Å². The second-order valence-corrected chi connectivity index (χ2v) is 8.11. The Balaban J connectivity index is 1.53. The number of piperidine rings is 1. The zero-order valence-corrected chi connectivity index (χ0v) is 15.9. The van der Waals surface area contributed by atoms with Crippen LogP contribution >= 0.6 is 11.3 Å². The molecule has 134 valence electrons. The minimum atomic E-state index is -0.153. The van der Waals surface area contributed by atoms with Gasteiger partial charge in [-0.1, -0.05) is 37.3 Å². The molecule has 2 aliphatic heterocycles. The van der Waals surface area contributed by atoms with Crippen molar-refractivity contribution in [2.45, 2.75) is 50.5 Å². The van der Waals surface area contributed by atoms with E-state index in [0.29, 0.717) is 6.04 Å². The highest BCUT2D eigenvalue weighted by Gasteiger charge is 2.45. The maximum atomic E-state index is 6.47. The molecule has 1 saturated heterocycles. The van der Waals surface area contributed by atoms with Gasteiger partial charge in [0, 0.05) is 37.5 Å². The van der Waals surface area contributed by atoms with Crippen LogP contribution in [0.5, 0.6) is 0 Å². The van der Waals surface area contributed by atoms with Crippen LogP contribution in [0.4, 0.5) is 0 Å². The normalized spacial score (nSPS) is 24.2. The minimum Gasteiger partial charge on any atom is -0.355 e. The summed E-state index contributed by atoms with van der Waals surface area (Å²) in [6.45, 7) is 4.43. The molecule has 2 unspecified atom stereocenters. The Hall–Kier alpha value is -1.20. The Morgan fingerprint density at radius 2 is 2.00 bits per heavy atom. The molecule has 25 heavy (non-hydrogen) atoms. The van der Waals surface area contributed by atoms with Gasteiger partial charge >= 0.3 is 0 Å². The van der Waals surface area contributed by atoms with E-state index in [2.05, 4.69) is 53.6 Å². The second kappa shape index (κ2) is 7.20. The predicted octanol–water partition coefficient (Wildman–Crippen LogP) is 4.74. The van der Waals surface area contributed by atoms with Crippen LogP contribution in [0, 0.1) is 0 Å². The van der Waals surface area contributed by atoms with E-state index in [0.717, 1.165) is 38.8 Å². The Labute approximate surface area is 154 Å². The standard InChI is InChI=1S/C21H27NO2S/c1-3-18(16-7-5-4-6-8-16)22-12-10-21(11-13-22)17-9-14-25-19(17)15-20(23-2)24-21/h4-9,14,18,20H,3,10-13,15H2,1-2H3. The Kier molecular flexibility index (Phi) is 4.96. The maximum Gasteiger partial charge on any atom is 0.163 e. The number of methoxy groups -OCH3 is 1. The number of hydrogen-bond donors (Lipinski definition) is 0. The first-order valence-corrected chi connectivity index (χ1v) is 10.2. The molecule has 0 bridgehead atoms. The van der Waals surface area contributed by atoms with Crippen molar-refractivity contribution < 1.29 is 9.47 Å². The number of thiophene rings is 1. The molecule has 0 radical (unpaired) electrons. The van der Waals surface area contributed by atoms with E-state index in [1.807, 2.05) is 11.3 Å². The molecular weight excluding hydrogens is 330 g/mol. The Morgan fingerprint density at radius 3 is 2.68 bits per heavy atom. The highest BCUT2D eigenvalue weighted by atomic mass is 32.1. The first-order chi connectivity index (χ1) is 12.3. The first kappa shape index (κ1) is 17.2. The molecule has 1 aromatic heterocycles. The van der Waals surface area contributed by atoms with Crippen LogP contribution in [-0.4, -0.2) is 31.4 Å². The molecule has 0 amide bonds. The largest absolute Gasteiger partial charge is 0.355 e. The van der Waals surface area contributed by atoms with Crippen molar-refractivity contribution in [3.8, 4) is 0 Å². The second-order valence-electron chi connectivity index (χ2n) is 7.11. The van der Waals surface area contributed by atoms with Crippen LogP contribution in [0.2, 0.25) is 0 Å². The van der Waals surface area contributed by atoms with Gasteiger partial charge in [0.2, 0.25) is 0 Å². The molecule has 2 aliphatic rings. The van der Waals surface area contributed by atoms with Crippen molar-refractivity contribution in [3.05, 3.63) is 57.8 Å². The van der Waals surface area contributed by atoms with E-state index >= 15 is 0 Å². The van der Waals surface area contributed by atoms with Crippen LogP contribution in [0.15, 0.2) is 41.8 Å². The van der Waals surface area contributed by atoms with Gasteiger partial charge in [-0.25, -0.2) is 0 Å². The number of nitrogens with zero attached hydrogens (tertiary/aromatic N) is 1. The van der Waals surface area contributed by atoms with Crippen molar-refractivity contribution in [2.75, 3.05) is 20.2 Å². The highest BCUT2D eigenvalue weighted by molar-refractivity contribution is 7.10. The average molecular weight is 358 g/mol. The third kappa shape index (κ3) is 3.17. The summed E-state index contributed by atoms with van der Waals surface area (Å²) in [5.41, 5.74) is 2.69. The average Bonchev–Trinajstić information content (AvgIpc) is 3.14. The van der Waals surface area contributed by atoms with Gasteiger partial charge < -0.3 is 9.47 Å². The van der Waals surface area contributed by atoms with Gasteiger partial charge in [-0.15, -0.1) is 11.3 Å². The molecule has 0 aliphatic carbocycles. The van der Waals surface area contributed by atoms with E-state index in [1.165, 1.54) is 16.0 Å². The molecule has 3 heterocycles. The summed E-state index contributed by atoms with van der Waals surface area (Å²) in [6.07, 6.45) is 4.01. The fourth-order valence-corrected chi connectivity index (χ4v) is 5.49. The van der Waals surface area contributed by atoms with Gasteiger partial charge in [0.05, 0.1) is 5.60 Å². The monoisotopic (exact) mass is 357 g/mol. The number of likely N-dealkylation sites (tertiary alicyclic amines) is 1. The molecule has 4 heteroatoms. The molecule has 1 fully saturated rings. The molecule has 2 atom stereocenters. The smallest absolute Gasteiger partial charge is 0.163 e. The minimum absolute atomic E-state index is 0.103. The third-order valence-corrected chi connectivity index (χ3v) is 6.77. The molecule has 4 rings (SSSR count). The summed E-state index contributed by atoms with van der Waals surface area (Å²) in [7, 11) is 1.76. The van der Waals surface area contributed by atoms with Crippen LogP contribution < -0.4 is 0 Å². The lowest BCUT2D eigenvalue weighted by Gasteiger charge is -2.47. The van der Waals surface area contributed by atoms with E-state index in [9.17, 15) is 0 Å². The van der Waals surface area contributed by atoms with Crippen molar-refractivity contribution in [1.82, 2.24) is 4.90 Å². The van der Waals surface area contributed by atoms with Gasteiger partial charge in [-0.2, -0.15) is 0 Å². The number of rotatable bonds is 4. The van der Waals surface area contributed by atoms with Crippen LogP contribution in [0.25, 0.3) is 0 Å². The van der Waals surface area contributed by atoms with Gasteiger partial charge in [-0.3, -0.25) is 4.90 Å². The lowest BCUT2D eigenvalue weighted by Crippen LogP contribution is -2.49. The van der Waals surface area contributed by atoms with Crippen molar-refractivity contribution >= 4 is 11.3 Å². The number of ether oxygens (including phenoxy) is 2. The lowest BCUT2D eigenvalue weighted by molar-refractivity contribution is -0.227. The summed E-state index contributed by atoms with van der Waals surface area (Å²) >= 11 is 1.85. The molecular formula is C21H27NO2S. The topological polar surface area (TPSA) is 21.7 Å². The number of fused-ring (bicyclic) bond motifs is 2. The van der Waals surface area contributed by atoms with Gasteiger partial charge in [0.15, 0.2) is 6.29 Å². The molecule has 1 aromatic carbocycles. The maximum absolute atomic E-state index is 6.47. The van der Waals surface area contributed by atoms with Gasteiger partial charge in [0.1, 0.15) is 0 Å². The summed E-state index contributed by atoms with van der Waals surface area (Å²) in [4.78, 5) is 4.08. The quantitative estimate of drug-likeness (QED) is 0.789. The third-order valence-electron chi connectivity index (χ3n) is 5.83. The zero-order valence-electron chi connectivity index (χ0n) is 15.1. The molecule has 3 nitrogen and oxygen atoms in total. The summed E-state index contributed by atoms with van der Waals surface area (Å²) < 4.78 is 12.1. The number of hydrogen-bond acceptors (Lipinski definition) is 4. The van der Waals surface area contributed by atoms with Gasteiger partial charge in [0.25, 0.3) is 0 Å². The van der Waals surface area contributed by atoms with Crippen LogP contribution in [0.3, 0.4) is 0 Å². The fraction of sp³-hybridized carbons (Fsp3) is 0.524. The Bertz CT molecular complexity index is 691. The Morgan fingerprint density at radius 1 is 1.24 bits per heavy atom. The summed E-state index contributed by atoms with van der Waals surface area (Å²) in [5.74, 6) is 0. The molecule has 2 aromatic rings. The molecule has 0 saturated carbocycles. The lowest BCUT2D eigenvalue weighted by atomic mass is 9.81. The molecule has 1 spiro atoms. The summed E-state index contributed by atoms with van der Waals surface area (Å²) in [6, 6.07) is 13.7. The van der Waals surface area contributed by atoms with Crippen molar-refractivity contribution in [2.24, 2.45) is 0 Å². The van der Waals surface area contributed by atoms with Crippen molar-refractivity contribution in [1.29, 1.82) is 0 Å². The first-order valence-electron chi connectivity index (χ1n) is 9.32. The van der Waals surface area contributed by atoms with E-state index in [1.54, 1.807) is 7.11 Å². The molecule has 0 N–H and O–H groups in total. The van der Waals surface area contributed by atoms with Gasteiger partial charge in [-0.05, 0) is 41.8 Å². The van der Waals surface area contributed by atoms with Crippen LogP contribution in [0.1, 0.15) is 48.2 Å². The number of benzene rings is 1. The fourth-order valence-electron chi connectivity index (χ4n) is 4.51. The predicted molar refractivity (Wildman–Crippen MR) is 102 cm³/mol. The summed E-state index contributed by atoms with van der Waals surface area (Å²) in [5, 5.41) is 2.21.